The number of nitrogens with one attached hydrogen (secondary N) is 1. The lowest BCUT2D eigenvalue weighted by atomic mass is 9.91. The molecule has 0 spiro atoms. The van der Waals surface area contributed by atoms with Crippen LogP contribution in [0.4, 0.5) is 0 Å². The van der Waals surface area contributed by atoms with Crippen LogP contribution in [0.1, 0.15) is 42.5 Å². The fourth-order valence-electron chi connectivity index (χ4n) is 4.11. The van der Waals surface area contributed by atoms with Crippen molar-refractivity contribution < 1.29 is 4.79 Å². The molecule has 3 nitrogen and oxygen atoms in total. The molecule has 0 radical (unpaired) electrons. The molecule has 1 aliphatic heterocycles. The van der Waals surface area contributed by atoms with E-state index in [1.54, 1.807) is 0 Å². The van der Waals surface area contributed by atoms with Crippen LogP contribution >= 0.6 is 0 Å². The van der Waals surface area contributed by atoms with Gasteiger partial charge in [0.25, 0.3) is 5.91 Å². The summed E-state index contributed by atoms with van der Waals surface area (Å²) in [5, 5.41) is 1.05. The van der Waals surface area contributed by atoms with Crippen LogP contribution < -0.4 is 0 Å². The third-order valence-corrected chi connectivity index (χ3v) is 5.07. The zero-order valence-electron chi connectivity index (χ0n) is 11.6. The summed E-state index contributed by atoms with van der Waals surface area (Å²) in [6.07, 6.45) is 8.14. The first kappa shape index (κ1) is 12.0. The number of fused-ring (bicyclic) bond motifs is 2. The number of amides is 1. The average molecular weight is 268 g/mol. The highest BCUT2D eigenvalue weighted by atomic mass is 16.2. The van der Waals surface area contributed by atoms with E-state index in [2.05, 4.69) is 9.88 Å². The van der Waals surface area contributed by atoms with Crippen LogP contribution in [0.25, 0.3) is 10.9 Å². The molecule has 1 aliphatic carbocycles. The third kappa shape index (κ3) is 1.76. The van der Waals surface area contributed by atoms with E-state index in [1.807, 2.05) is 30.5 Å². The molecule has 1 aromatic heterocycles. The molecule has 2 atom stereocenters. The Morgan fingerprint density at radius 2 is 2.00 bits per heavy atom. The van der Waals surface area contributed by atoms with Crippen molar-refractivity contribution >= 4 is 16.8 Å². The van der Waals surface area contributed by atoms with E-state index in [9.17, 15) is 4.79 Å². The fraction of sp³-hybridized carbons (Fsp3) is 0.471. The molecular formula is C17H20N2O. The molecule has 104 valence electrons. The summed E-state index contributed by atoms with van der Waals surface area (Å²) in [7, 11) is 0. The first-order chi connectivity index (χ1) is 9.84. The second-order valence-electron chi connectivity index (χ2n) is 6.15. The number of H-pyrrole nitrogens is 1. The summed E-state index contributed by atoms with van der Waals surface area (Å²) in [6, 6.07) is 8.56. The minimum absolute atomic E-state index is 0.221. The molecule has 2 heterocycles. The number of benzene rings is 1. The first-order valence-electron chi connectivity index (χ1n) is 7.71. The summed E-state index contributed by atoms with van der Waals surface area (Å²) < 4.78 is 0. The Hall–Kier alpha value is -1.77. The maximum absolute atomic E-state index is 12.9. The maximum atomic E-state index is 12.9. The summed E-state index contributed by atoms with van der Waals surface area (Å²) in [5.41, 5.74) is 1.89. The smallest absolute Gasteiger partial charge is 0.256 e. The molecule has 1 aromatic carbocycles. The van der Waals surface area contributed by atoms with E-state index in [1.165, 1.54) is 25.7 Å². The van der Waals surface area contributed by atoms with E-state index in [0.29, 0.717) is 6.04 Å². The molecule has 1 saturated carbocycles. The number of likely N-dealkylation sites (tertiary alicyclic amines) is 1. The summed E-state index contributed by atoms with van der Waals surface area (Å²) in [4.78, 5) is 18.3. The number of hydrogen-bond donors (Lipinski definition) is 1. The minimum Gasteiger partial charge on any atom is -0.360 e. The number of piperidine rings is 1. The number of rotatable bonds is 1. The standard InChI is InChI=1S/C17H20N2O/c20-17(14-11-18-15-8-2-1-7-13(14)15)19-10-4-6-12-5-3-9-16(12)19/h1-2,7-8,11-12,16,18H,3-6,9-10H2. The van der Waals surface area contributed by atoms with E-state index in [4.69, 9.17) is 0 Å². The van der Waals surface area contributed by atoms with Crippen LogP contribution in [-0.4, -0.2) is 28.4 Å². The largest absolute Gasteiger partial charge is 0.360 e. The number of aromatic amines is 1. The highest BCUT2D eigenvalue weighted by Crippen LogP contribution is 2.37. The van der Waals surface area contributed by atoms with E-state index in [0.717, 1.165) is 35.3 Å². The lowest BCUT2D eigenvalue weighted by Crippen LogP contribution is -2.46. The van der Waals surface area contributed by atoms with Crippen molar-refractivity contribution in [1.29, 1.82) is 0 Å². The SMILES string of the molecule is O=C(c1c[nH]c2ccccc12)N1CCCC2CCCC21. The molecule has 3 heteroatoms. The van der Waals surface area contributed by atoms with Crippen LogP contribution in [-0.2, 0) is 0 Å². The summed E-state index contributed by atoms with van der Waals surface area (Å²) in [5.74, 6) is 0.969. The number of carbonyl (C=O) groups is 1. The lowest BCUT2D eigenvalue weighted by molar-refractivity contribution is 0.0550. The van der Waals surface area contributed by atoms with Crippen LogP contribution in [0, 0.1) is 5.92 Å². The van der Waals surface area contributed by atoms with Crippen LogP contribution in [0.2, 0.25) is 0 Å². The number of aromatic nitrogens is 1. The van der Waals surface area contributed by atoms with Gasteiger partial charge in [-0.25, -0.2) is 0 Å². The molecule has 1 N–H and O–H groups in total. The van der Waals surface area contributed by atoms with Crippen LogP contribution in [0.3, 0.4) is 0 Å². The number of carbonyl (C=O) groups excluding carboxylic acids is 1. The number of hydrogen-bond acceptors (Lipinski definition) is 1. The molecule has 4 rings (SSSR count). The zero-order valence-corrected chi connectivity index (χ0v) is 11.6. The predicted octanol–water partition coefficient (Wildman–Crippen LogP) is 3.57. The Labute approximate surface area is 119 Å². The van der Waals surface area contributed by atoms with E-state index in [-0.39, 0.29) is 5.91 Å². The molecule has 2 fully saturated rings. The fourth-order valence-corrected chi connectivity index (χ4v) is 4.11. The van der Waals surface area contributed by atoms with Crippen molar-refractivity contribution in [2.24, 2.45) is 5.92 Å². The number of nitrogens with zero attached hydrogens (tertiary/aromatic N) is 1. The lowest BCUT2D eigenvalue weighted by Gasteiger charge is -2.37. The van der Waals surface area contributed by atoms with Gasteiger partial charge >= 0.3 is 0 Å². The van der Waals surface area contributed by atoms with Gasteiger partial charge in [0.1, 0.15) is 0 Å². The molecule has 2 aliphatic rings. The molecule has 20 heavy (non-hydrogen) atoms. The summed E-state index contributed by atoms with van der Waals surface area (Å²) >= 11 is 0. The normalized spacial score (nSPS) is 25.9. The van der Waals surface area contributed by atoms with Crippen molar-refractivity contribution in [3.05, 3.63) is 36.0 Å². The van der Waals surface area contributed by atoms with Gasteiger partial charge in [0, 0.05) is 29.7 Å². The minimum atomic E-state index is 0.221. The van der Waals surface area contributed by atoms with Gasteiger partial charge in [-0.15, -0.1) is 0 Å². The molecule has 2 unspecified atom stereocenters. The Bertz CT molecular complexity index is 645. The monoisotopic (exact) mass is 268 g/mol. The highest BCUT2D eigenvalue weighted by Gasteiger charge is 2.37. The van der Waals surface area contributed by atoms with Gasteiger partial charge in [-0.2, -0.15) is 0 Å². The molecule has 1 amide bonds. The Morgan fingerprint density at radius 1 is 1.15 bits per heavy atom. The topological polar surface area (TPSA) is 36.1 Å². The second kappa shape index (κ2) is 4.65. The predicted molar refractivity (Wildman–Crippen MR) is 79.7 cm³/mol. The van der Waals surface area contributed by atoms with E-state index >= 15 is 0 Å². The molecular weight excluding hydrogens is 248 g/mol. The Balaban J connectivity index is 1.69. The van der Waals surface area contributed by atoms with Gasteiger partial charge < -0.3 is 9.88 Å². The zero-order chi connectivity index (χ0) is 13.5. The Kier molecular flexibility index (Phi) is 2.79. The number of para-hydroxylation sites is 1. The van der Waals surface area contributed by atoms with Crippen molar-refractivity contribution in [3.63, 3.8) is 0 Å². The van der Waals surface area contributed by atoms with Crippen LogP contribution in [0.15, 0.2) is 30.5 Å². The van der Waals surface area contributed by atoms with Crippen molar-refractivity contribution in [1.82, 2.24) is 9.88 Å². The van der Waals surface area contributed by atoms with Gasteiger partial charge in [0.05, 0.1) is 5.56 Å². The van der Waals surface area contributed by atoms with Gasteiger partial charge in [-0.1, -0.05) is 24.6 Å². The van der Waals surface area contributed by atoms with Gasteiger partial charge in [0.2, 0.25) is 0 Å². The highest BCUT2D eigenvalue weighted by molar-refractivity contribution is 6.06. The van der Waals surface area contributed by atoms with Crippen molar-refractivity contribution in [2.45, 2.75) is 38.1 Å². The third-order valence-electron chi connectivity index (χ3n) is 5.07. The van der Waals surface area contributed by atoms with Crippen LogP contribution in [0.5, 0.6) is 0 Å². The summed E-state index contributed by atoms with van der Waals surface area (Å²) in [6.45, 7) is 0.930. The quantitative estimate of drug-likeness (QED) is 0.843. The maximum Gasteiger partial charge on any atom is 0.256 e. The van der Waals surface area contributed by atoms with Crippen molar-refractivity contribution in [2.75, 3.05) is 6.54 Å². The first-order valence-corrected chi connectivity index (χ1v) is 7.71. The average Bonchev–Trinajstić information content (AvgIpc) is 3.12. The Morgan fingerprint density at radius 3 is 2.95 bits per heavy atom. The van der Waals surface area contributed by atoms with Crippen molar-refractivity contribution in [3.8, 4) is 0 Å². The van der Waals surface area contributed by atoms with Gasteiger partial charge in [0.15, 0.2) is 0 Å². The van der Waals surface area contributed by atoms with E-state index < -0.39 is 0 Å². The molecule has 1 saturated heterocycles. The van der Waals surface area contributed by atoms with Gasteiger partial charge in [-0.05, 0) is 37.7 Å². The van der Waals surface area contributed by atoms with Gasteiger partial charge in [-0.3, -0.25) is 4.79 Å². The molecule has 2 aromatic rings. The molecule has 0 bridgehead atoms. The second-order valence-corrected chi connectivity index (χ2v) is 6.15.